The number of aryl methyl sites for hydroxylation is 2. The fraction of sp³-hybridized carbons (Fsp3) is 0.536. The summed E-state index contributed by atoms with van der Waals surface area (Å²) in [6, 6.07) is 2.03. The third-order valence-corrected chi connectivity index (χ3v) is 6.62. The maximum absolute atomic E-state index is 13.6. The van der Waals surface area contributed by atoms with Crippen LogP contribution in [0.3, 0.4) is 0 Å². The number of nitrogens with one attached hydrogen (secondary N) is 1. The lowest BCUT2D eigenvalue weighted by molar-refractivity contribution is -0.143. The van der Waals surface area contributed by atoms with Crippen LogP contribution in [0.2, 0.25) is 0 Å². The lowest BCUT2D eigenvalue weighted by Gasteiger charge is -2.44. The van der Waals surface area contributed by atoms with Gasteiger partial charge in [0.25, 0.3) is 0 Å². The number of rotatable bonds is 6. The van der Waals surface area contributed by atoms with E-state index in [1.54, 1.807) is 26.8 Å². The predicted octanol–water partition coefficient (Wildman–Crippen LogP) is 6.90. The van der Waals surface area contributed by atoms with Gasteiger partial charge in [0.2, 0.25) is 5.96 Å². The number of alkyl halides is 6. The number of carbonyl (C=O) groups is 1. The van der Waals surface area contributed by atoms with Crippen molar-refractivity contribution in [3.05, 3.63) is 57.9 Å². The van der Waals surface area contributed by atoms with Crippen molar-refractivity contribution < 1.29 is 35.9 Å². The molecule has 1 aromatic carbocycles. The van der Waals surface area contributed by atoms with Crippen molar-refractivity contribution in [2.24, 2.45) is 10.8 Å². The first kappa shape index (κ1) is 34.5. The minimum absolute atomic E-state index is 0.0809. The van der Waals surface area contributed by atoms with Crippen LogP contribution in [-0.2, 0) is 23.6 Å². The standard InChI is InChI=1S/C26H32F6N6O2.C2H6/c1-6-19-12-21(20-8-14(3)35-15(4)22(20)38(19)24(39)40-7-2)37(23(33)36-34-5)13-16-9-17(25(27,28)29)11-18(10-16)26(30,31)32;1-2/h8-11,19,21,34H,6-7,12-13H2,1-5H3,(H2,33,36);1-2H3. The van der Waals surface area contributed by atoms with Crippen molar-refractivity contribution in [1.29, 1.82) is 0 Å². The lowest BCUT2D eigenvalue weighted by Crippen LogP contribution is -2.50. The number of aromatic nitrogens is 1. The van der Waals surface area contributed by atoms with Crippen LogP contribution in [0.4, 0.5) is 36.8 Å². The summed E-state index contributed by atoms with van der Waals surface area (Å²) < 4.78 is 86.8. The van der Waals surface area contributed by atoms with E-state index >= 15 is 0 Å². The van der Waals surface area contributed by atoms with Crippen molar-refractivity contribution in [2.75, 3.05) is 18.6 Å². The number of hydrogen-bond acceptors (Lipinski definition) is 5. The zero-order valence-corrected chi connectivity index (χ0v) is 24.7. The molecular weight excluding hydrogens is 566 g/mol. The summed E-state index contributed by atoms with van der Waals surface area (Å²) in [5, 5.41) is 4.00. The SMILES string of the molecule is CC.CCOC(=O)N1c2c(cc(C)nc2C)C(N(Cc2cc(C(F)(F)F)cc(C(F)(F)F)c2)/C(N)=N/NC)CC1CC. The molecule has 1 aromatic heterocycles. The Balaban J connectivity index is 0.00000301. The molecule has 3 rings (SSSR count). The number of halogens is 6. The van der Waals surface area contributed by atoms with Gasteiger partial charge in [0.15, 0.2) is 0 Å². The van der Waals surface area contributed by atoms with Crippen LogP contribution >= 0.6 is 0 Å². The molecule has 0 radical (unpaired) electrons. The van der Waals surface area contributed by atoms with Gasteiger partial charge < -0.3 is 20.8 Å². The number of nitrogens with zero attached hydrogens (tertiary/aromatic N) is 4. The second-order valence-electron chi connectivity index (χ2n) is 9.41. The first-order valence-electron chi connectivity index (χ1n) is 13.6. The molecule has 0 spiro atoms. The van der Waals surface area contributed by atoms with Crippen LogP contribution in [0.1, 0.15) is 80.2 Å². The Morgan fingerprint density at radius 3 is 2.14 bits per heavy atom. The van der Waals surface area contributed by atoms with E-state index in [1.807, 2.05) is 20.8 Å². The van der Waals surface area contributed by atoms with Gasteiger partial charge in [0.05, 0.1) is 35.2 Å². The highest BCUT2D eigenvalue weighted by atomic mass is 19.4. The summed E-state index contributed by atoms with van der Waals surface area (Å²) in [5.41, 5.74) is 7.80. The molecule has 1 aliphatic rings. The Morgan fingerprint density at radius 2 is 1.67 bits per heavy atom. The van der Waals surface area contributed by atoms with Gasteiger partial charge in [-0.2, -0.15) is 26.3 Å². The number of nitrogens with two attached hydrogens (primary N) is 1. The smallest absolute Gasteiger partial charge is 0.416 e. The van der Waals surface area contributed by atoms with Crippen molar-refractivity contribution in [3.8, 4) is 0 Å². The van der Waals surface area contributed by atoms with E-state index < -0.39 is 48.2 Å². The summed E-state index contributed by atoms with van der Waals surface area (Å²) in [6.07, 6.45) is -9.87. The van der Waals surface area contributed by atoms with Gasteiger partial charge in [0.1, 0.15) is 0 Å². The summed E-state index contributed by atoms with van der Waals surface area (Å²) in [7, 11) is 1.46. The Hall–Kier alpha value is -3.71. The monoisotopic (exact) mass is 604 g/mol. The number of ether oxygens (including phenoxy) is 1. The number of fused-ring (bicyclic) bond motifs is 1. The maximum Gasteiger partial charge on any atom is 0.416 e. The molecule has 0 aliphatic carbocycles. The summed E-state index contributed by atoms with van der Waals surface area (Å²) >= 11 is 0. The first-order chi connectivity index (χ1) is 19.6. The third-order valence-electron chi connectivity index (χ3n) is 6.62. The Bertz CT molecular complexity index is 1230. The molecule has 3 N–H and O–H groups in total. The number of amides is 1. The Morgan fingerprint density at radius 1 is 1.10 bits per heavy atom. The molecule has 0 bridgehead atoms. The van der Waals surface area contributed by atoms with Crippen LogP contribution in [-0.4, -0.2) is 41.6 Å². The molecule has 2 atom stereocenters. The summed E-state index contributed by atoms with van der Waals surface area (Å²) in [4.78, 5) is 20.5. The highest BCUT2D eigenvalue weighted by Crippen LogP contribution is 2.44. The summed E-state index contributed by atoms with van der Waals surface area (Å²) in [5.74, 6) is -0.157. The van der Waals surface area contributed by atoms with Gasteiger partial charge >= 0.3 is 18.4 Å². The van der Waals surface area contributed by atoms with Crippen LogP contribution in [0.25, 0.3) is 0 Å². The van der Waals surface area contributed by atoms with Crippen LogP contribution < -0.4 is 16.1 Å². The number of anilines is 1. The quantitative estimate of drug-likeness (QED) is 0.161. The fourth-order valence-electron chi connectivity index (χ4n) is 5.01. The zero-order valence-electron chi connectivity index (χ0n) is 24.7. The average molecular weight is 605 g/mol. The number of guanidine groups is 1. The van der Waals surface area contributed by atoms with E-state index in [4.69, 9.17) is 10.5 Å². The van der Waals surface area contributed by atoms with Crippen molar-refractivity contribution in [2.45, 2.75) is 85.4 Å². The molecule has 234 valence electrons. The number of hydrogen-bond donors (Lipinski definition) is 2. The van der Waals surface area contributed by atoms with E-state index in [0.717, 1.165) is 0 Å². The van der Waals surface area contributed by atoms with Gasteiger partial charge in [-0.15, -0.1) is 5.10 Å². The molecular formula is C28H38F6N6O2. The van der Waals surface area contributed by atoms with E-state index in [2.05, 4.69) is 15.5 Å². The number of benzene rings is 1. The lowest BCUT2D eigenvalue weighted by atomic mass is 9.88. The number of carbonyl (C=O) groups excluding carboxylic acids is 1. The van der Waals surface area contributed by atoms with Crippen molar-refractivity contribution >= 4 is 17.7 Å². The molecule has 2 aromatic rings. The molecule has 14 heteroatoms. The minimum atomic E-state index is -5.00. The van der Waals surface area contributed by atoms with E-state index in [9.17, 15) is 31.1 Å². The normalized spacial score (nSPS) is 17.2. The minimum Gasteiger partial charge on any atom is -0.449 e. The van der Waals surface area contributed by atoms with Gasteiger partial charge in [-0.3, -0.25) is 9.88 Å². The van der Waals surface area contributed by atoms with Crippen molar-refractivity contribution in [3.63, 3.8) is 0 Å². The Kier molecular flexibility index (Phi) is 11.5. The third kappa shape index (κ3) is 7.77. The van der Waals surface area contributed by atoms with E-state index in [0.29, 0.717) is 41.2 Å². The van der Waals surface area contributed by atoms with E-state index in [-0.39, 0.29) is 30.6 Å². The Labute approximate surface area is 241 Å². The molecule has 2 unspecified atom stereocenters. The highest BCUT2D eigenvalue weighted by molar-refractivity contribution is 5.91. The van der Waals surface area contributed by atoms with Crippen LogP contribution in [0, 0.1) is 13.8 Å². The zero-order chi connectivity index (χ0) is 32.0. The highest BCUT2D eigenvalue weighted by Gasteiger charge is 2.42. The molecule has 8 nitrogen and oxygen atoms in total. The molecule has 0 fully saturated rings. The first-order valence-corrected chi connectivity index (χ1v) is 13.6. The van der Waals surface area contributed by atoms with Gasteiger partial charge in [-0.1, -0.05) is 20.8 Å². The van der Waals surface area contributed by atoms with Gasteiger partial charge in [0, 0.05) is 30.9 Å². The molecule has 1 aliphatic heterocycles. The van der Waals surface area contributed by atoms with Crippen LogP contribution in [0.15, 0.2) is 29.4 Å². The molecule has 0 saturated carbocycles. The summed E-state index contributed by atoms with van der Waals surface area (Å²) in [6.45, 7) is 10.7. The van der Waals surface area contributed by atoms with Gasteiger partial charge in [-0.05, 0) is 63.4 Å². The second-order valence-corrected chi connectivity index (χ2v) is 9.41. The van der Waals surface area contributed by atoms with E-state index in [1.165, 1.54) is 16.8 Å². The average Bonchev–Trinajstić information content (AvgIpc) is 2.91. The molecule has 42 heavy (non-hydrogen) atoms. The maximum atomic E-state index is 13.6. The number of hydrazone groups is 1. The van der Waals surface area contributed by atoms with Gasteiger partial charge in [-0.25, -0.2) is 4.79 Å². The molecule has 0 saturated heterocycles. The number of pyridine rings is 1. The largest absolute Gasteiger partial charge is 0.449 e. The topological polar surface area (TPSA) is 96.1 Å². The van der Waals surface area contributed by atoms with Crippen molar-refractivity contribution in [1.82, 2.24) is 15.3 Å². The second kappa shape index (κ2) is 14.0. The van der Waals surface area contributed by atoms with Crippen LogP contribution in [0.5, 0.6) is 0 Å². The molecule has 1 amide bonds. The fourth-order valence-corrected chi connectivity index (χ4v) is 5.01. The predicted molar refractivity (Wildman–Crippen MR) is 149 cm³/mol. The molecule has 2 heterocycles.